The van der Waals surface area contributed by atoms with Crippen LogP contribution in [0, 0.1) is 5.41 Å². The lowest BCUT2D eigenvalue weighted by atomic mass is 9.81. The molecule has 0 unspecified atom stereocenters. The van der Waals surface area contributed by atoms with Crippen molar-refractivity contribution < 1.29 is 19.1 Å². The van der Waals surface area contributed by atoms with Crippen molar-refractivity contribution in [3.05, 3.63) is 24.3 Å². The smallest absolute Gasteiger partial charge is 0.409 e. The summed E-state index contributed by atoms with van der Waals surface area (Å²) in [6, 6.07) is 6.07. The van der Waals surface area contributed by atoms with Gasteiger partial charge >= 0.3 is 6.09 Å². The van der Waals surface area contributed by atoms with Gasteiger partial charge in [0.25, 0.3) is 0 Å². The first kappa shape index (κ1) is 14.0. The molecule has 106 valence electrons. The number of hydrogen-bond donors (Lipinski definition) is 1. The minimum absolute atomic E-state index is 0.227. The van der Waals surface area contributed by atoms with Crippen LogP contribution in [0.2, 0.25) is 0 Å². The number of carbonyl (C=O) groups excluding carboxylic acids is 3. The molecule has 0 aromatic heterocycles. The molecule has 1 heterocycles. The van der Waals surface area contributed by atoms with Crippen LogP contribution in [-0.2, 0) is 9.59 Å². The van der Waals surface area contributed by atoms with Crippen molar-refractivity contribution in [1.29, 1.82) is 0 Å². The SMILES string of the molecule is CC1(C)CC(=O)N(c2ccc(OC(N)=O)cc2)C(=O)C1. The highest BCUT2D eigenvalue weighted by Gasteiger charge is 2.38. The molecule has 0 spiro atoms. The van der Waals surface area contributed by atoms with Crippen LogP contribution in [0.4, 0.5) is 10.5 Å². The van der Waals surface area contributed by atoms with E-state index in [0.717, 1.165) is 0 Å². The number of carbonyl (C=O) groups is 3. The maximum absolute atomic E-state index is 12.1. The van der Waals surface area contributed by atoms with Gasteiger partial charge in [0.2, 0.25) is 11.8 Å². The lowest BCUT2D eigenvalue weighted by Crippen LogP contribution is -2.46. The van der Waals surface area contributed by atoms with Gasteiger partial charge in [-0.05, 0) is 29.7 Å². The minimum Gasteiger partial charge on any atom is -0.411 e. The Kier molecular flexibility index (Phi) is 3.48. The maximum Gasteiger partial charge on any atom is 0.409 e. The first-order chi connectivity index (χ1) is 9.28. The first-order valence-electron chi connectivity index (χ1n) is 6.22. The molecule has 0 bridgehead atoms. The summed E-state index contributed by atoms with van der Waals surface area (Å²) in [7, 11) is 0. The zero-order valence-corrected chi connectivity index (χ0v) is 11.4. The van der Waals surface area contributed by atoms with E-state index in [9.17, 15) is 14.4 Å². The number of nitrogens with two attached hydrogens (primary N) is 1. The van der Waals surface area contributed by atoms with Crippen LogP contribution < -0.4 is 15.4 Å². The van der Waals surface area contributed by atoms with Gasteiger partial charge in [-0.3, -0.25) is 14.5 Å². The third-order valence-electron chi connectivity index (χ3n) is 3.07. The van der Waals surface area contributed by atoms with E-state index in [1.807, 2.05) is 13.8 Å². The second-order valence-corrected chi connectivity index (χ2v) is 5.56. The monoisotopic (exact) mass is 276 g/mol. The van der Waals surface area contributed by atoms with Gasteiger partial charge in [-0.1, -0.05) is 13.8 Å². The van der Waals surface area contributed by atoms with E-state index in [-0.39, 0.29) is 23.0 Å². The van der Waals surface area contributed by atoms with E-state index >= 15 is 0 Å². The van der Waals surface area contributed by atoms with Crippen LogP contribution >= 0.6 is 0 Å². The Morgan fingerprint density at radius 2 is 1.65 bits per heavy atom. The van der Waals surface area contributed by atoms with Gasteiger partial charge in [0.05, 0.1) is 5.69 Å². The number of amides is 3. The maximum atomic E-state index is 12.1. The van der Waals surface area contributed by atoms with E-state index in [1.165, 1.54) is 17.0 Å². The largest absolute Gasteiger partial charge is 0.411 e. The summed E-state index contributed by atoms with van der Waals surface area (Å²) in [5, 5.41) is 0. The third-order valence-corrected chi connectivity index (χ3v) is 3.07. The van der Waals surface area contributed by atoms with Crippen molar-refractivity contribution in [2.75, 3.05) is 4.90 Å². The minimum atomic E-state index is -0.912. The zero-order chi connectivity index (χ0) is 14.9. The molecule has 2 rings (SSSR count). The van der Waals surface area contributed by atoms with Crippen LogP contribution in [-0.4, -0.2) is 17.9 Å². The Bertz CT molecular complexity index is 543. The molecular formula is C14H16N2O4. The number of benzene rings is 1. The van der Waals surface area contributed by atoms with Gasteiger partial charge in [0.15, 0.2) is 0 Å². The second-order valence-electron chi connectivity index (χ2n) is 5.56. The van der Waals surface area contributed by atoms with Crippen molar-refractivity contribution in [2.45, 2.75) is 26.7 Å². The summed E-state index contributed by atoms with van der Waals surface area (Å²) in [5.41, 5.74) is 5.06. The highest BCUT2D eigenvalue weighted by Crippen LogP contribution is 2.34. The Hall–Kier alpha value is -2.37. The van der Waals surface area contributed by atoms with Gasteiger partial charge in [0, 0.05) is 12.8 Å². The number of nitrogens with zero attached hydrogens (tertiary/aromatic N) is 1. The number of piperidine rings is 1. The van der Waals surface area contributed by atoms with Crippen molar-refractivity contribution >= 4 is 23.6 Å². The highest BCUT2D eigenvalue weighted by atomic mass is 16.5. The van der Waals surface area contributed by atoms with E-state index in [1.54, 1.807) is 12.1 Å². The summed E-state index contributed by atoms with van der Waals surface area (Å²) in [5.74, 6) is -0.192. The number of imide groups is 1. The Morgan fingerprint density at radius 1 is 1.15 bits per heavy atom. The third kappa shape index (κ3) is 2.96. The molecule has 1 aliphatic heterocycles. The molecule has 20 heavy (non-hydrogen) atoms. The Labute approximate surface area is 116 Å². The molecule has 0 saturated carbocycles. The number of hydrogen-bond acceptors (Lipinski definition) is 4. The molecule has 6 heteroatoms. The van der Waals surface area contributed by atoms with Crippen molar-refractivity contribution in [3.8, 4) is 5.75 Å². The lowest BCUT2D eigenvalue weighted by molar-refractivity contribution is -0.132. The van der Waals surface area contributed by atoms with E-state index in [0.29, 0.717) is 18.5 Å². The van der Waals surface area contributed by atoms with Gasteiger partial charge in [-0.15, -0.1) is 0 Å². The quantitative estimate of drug-likeness (QED) is 0.834. The average molecular weight is 276 g/mol. The molecule has 2 N–H and O–H groups in total. The van der Waals surface area contributed by atoms with Gasteiger partial charge in [0.1, 0.15) is 5.75 Å². The molecule has 1 saturated heterocycles. The molecule has 1 aromatic carbocycles. The molecule has 0 radical (unpaired) electrons. The van der Waals surface area contributed by atoms with Crippen LogP contribution in [0.15, 0.2) is 24.3 Å². The second kappa shape index (κ2) is 4.96. The fraction of sp³-hybridized carbons (Fsp3) is 0.357. The molecule has 0 atom stereocenters. The van der Waals surface area contributed by atoms with Gasteiger partial charge < -0.3 is 10.5 Å². The van der Waals surface area contributed by atoms with Crippen molar-refractivity contribution in [1.82, 2.24) is 0 Å². The van der Waals surface area contributed by atoms with Crippen LogP contribution in [0.3, 0.4) is 0 Å². The van der Waals surface area contributed by atoms with Crippen molar-refractivity contribution in [2.24, 2.45) is 11.1 Å². The predicted molar refractivity (Wildman–Crippen MR) is 72.2 cm³/mol. The zero-order valence-electron chi connectivity index (χ0n) is 11.4. The summed E-state index contributed by atoms with van der Waals surface area (Å²) in [6.45, 7) is 3.79. The Morgan fingerprint density at radius 3 is 2.10 bits per heavy atom. The predicted octanol–water partition coefficient (Wildman–Crippen LogP) is 1.82. The lowest BCUT2D eigenvalue weighted by Gasteiger charge is -2.34. The summed E-state index contributed by atoms with van der Waals surface area (Å²) < 4.78 is 4.69. The van der Waals surface area contributed by atoms with Crippen LogP contribution in [0.5, 0.6) is 5.75 Å². The number of primary amides is 1. The molecule has 6 nitrogen and oxygen atoms in total. The molecule has 1 fully saturated rings. The summed E-state index contributed by atoms with van der Waals surface area (Å²) in [6.07, 6.45) is -0.277. The molecule has 1 aromatic rings. The topological polar surface area (TPSA) is 89.7 Å². The number of anilines is 1. The standard InChI is InChI=1S/C14H16N2O4/c1-14(2)7-11(17)16(12(18)8-14)9-3-5-10(6-4-9)20-13(15)19/h3-6H,7-8H2,1-2H3,(H2,15,19). The number of rotatable bonds is 2. The van der Waals surface area contributed by atoms with Crippen LogP contribution in [0.25, 0.3) is 0 Å². The van der Waals surface area contributed by atoms with Gasteiger partial charge in [-0.25, -0.2) is 4.79 Å². The normalized spacial score (nSPS) is 18.0. The van der Waals surface area contributed by atoms with E-state index < -0.39 is 6.09 Å². The molecular weight excluding hydrogens is 260 g/mol. The van der Waals surface area contributed by atoms with Crippen LogP contribution in [0.1, 0.15) is 26.7 Å². The molecule has 3 amide bonds. The van der Waals surface area contributed by atoms with E-state index in [2.05, 4.69) is 0 Å². The van der Waals surface area contributed by atoms with Crippen molar-refractivity contribution in [3.63, 3.8) is 0 Å². The van der Waals surface area contributed by atoms with Gasteiger partial charge in [-0.2, -0.15) is 0 Å². The first-order valence-corrected chi connectivity index (χ1v) is 6.22. The fourth-order valence-corrected chi connectivity index (χ4v) is 2.25. The summed E-state index contributed by atoms with van der Waals surface area (Å²) >= 11 is 0. The highest BCUT2D eigenvalue weighted by molar-refractivity contribution is 6.16. The molecule has 1 aliphatic rings. The fourth-order valence-electron chi connectivity index (χ4n) is 2.25. The van der Waals surface area contributed by atoms with E-state index in [4.69, 9.17) is 10.5 Å². The molecule has 0 aliphatic carbocycles. The number of ether oxygens (including phenoxy) is 1. The Balaban J connectivity index is 2.21. The average Bonchev–Trinajstić information content (AvgIpc) is 2.28. The summed E-state index contributed by atoms with van der Waals surface area (Å²) in [4.78, 5) is 35.9.